The third-order valence-corrected chi connectivity index (χ3v) is 4.02. The molecule has 0 radical (unpaired) electrons. The van der Waals surface area contributed by atoms with Crippen LogP contribution in [0.1, 0.15) is 31.9 Å². The van der Waals surface area contributed by atoms with E-state index in [2.05, 4.69) is 15.2 Å². The Labute approximate surface area is 143 Å². The lowest BCUT2D eigenvalue weighted by atomic mass is 9.95. The van der Waals surface area contributed by atoms with Crippen LogP contribution in [0.3, 0.4) is 0 Å². The Kier molecular flexibility index (Phi) is 6.84. The minimum Gasteiger partial charge on any atom is -0.481 e. The highest BCUT2D eigenvalue weighted by Crippen LogP contribution is 2.19. The number of carbonyl (C=O) groups excluding carboxylic acids is 1. The lowest BCUT2D eigenvalue weighted by Crippen LogP contribution is -2.47. The van der Waals surface area contributed by atoms with Crippen LogP contribution in [0.25, 0.3) is 0 Å². The van der Waals surface area contributed by atoms with Crippen LogP contribution in [0, 0.1) is 5.92 Å². The number of rotatable bonds is 6. The number of pyridine rings is 1. The van der Waals surface area contributed by atoms with Crippen LogP contribution in [-0.4, -0.2) is 48.5 Å². The normalized spacial score (nSPS) is 18.3. The third-order valence-electron chi connectivity index (χ3n) is 4.02. The summed E-state index contributed by atoms with van der Waals surface area (Å²) in [6.45, 7) is 5.06. The first-order valence-corrected chi connectivity index (χ1v) is 8.43. The average Bonchev–Trinajstić information content (AvgIpc) is 2.58. The van der Waals surface area contributed by atoms with Crippen molar-refractivity contribution in [1.82, 2.24) is 15.2 Å². The number of likely N-dealkylation sites (tertiary alicyclic amines) is 1. The first-order valence-electron chi connectivity index (χ1n) is 8.43. The van der Waals surface area contributed by atoms with Crippen LogP contribution < -0.4 is 15.8 Å². The Hall–Kier alpha value is -2.31. The number of aromatic nitrogens is 1. The number of aliphatic imine (C=N–C) groups is 1. The Bertz CT molecular complexity index is 576. The zero-order chi connectivity index (χ0) is 17.4. The molecule has 1 aromatic heterocycles. The van der Waals surface area contributed by atoms with Crippen molar-refractivity contribution in [2.75, 3.05) is 26.7 Å². The molecule has 1 aliphatic rings. The molecular weight excluding hydrogens is 306 g/mol. The van der Waals surface area contributed by atoms with Gasteiger partial charge in [-0.05, 0) is 31.7 Å². The van der Waals surface area contributed by atoms with Crippen molar-refractivity contribution < 1.29 is 9.53 Å². The summed E-state index contributed by atoms with van der Waals surface area (Å²) >= 11 is 0. The number of nitrogens with one attached hydrogen (secondary N) is 1. The van der Waals surface area contributed by atoms with Gasteiger partial charge in [0.05, 0.1) is 19.3 Å². The van der Waals surface area contributed by atoms with E-state index in [-0.39, 0.29) is 5.91 Å². The van der Waals surface area contributed by atoms with Crippen LogP contribution >= 0.6 is 0 Å². The number of amides is 1. The number of methoxy groups -OCH3 is 1. The molecule has 1 saturated heterocycles. The number of piperidine rings is 1. The number of guanidine groups is 1. The van der Waals surface area contributed by atoms with E-state index in [1.807, 2.05) is 25.1 Å². The zero-order valence-electron chi connectivity index (χ0n) is 14.5. The summed E-state index contributed by atoms with van der Waals surface area (Å²) in [5, 5.41) is 3.33. The Morgan fingerprint density at radius 1 is 1.54 bits per heavy atom. The van der Waals surface area contributed by atoms with Gasteiger partial charge >= 0.3 is 0 Å². The molecule has 1 aromatic rings. The second-order valence-electron chi connectivity index (χ2n) is 5.97. The Morgan fingerprint density at radius 3 is 3.08 bits per heavy atom. The molecule has 0 saturated carbocycles. The van der Waals surface area contributed by atoms with Gasteiger partial charge in [-0.15, -0.1) is 0 Å². The number of carbonyl (C=O) groups is 1. The predicted octanol–water partition coefficient (Wildman–Crippen LogP) is 1.14. The highest BCUT2D eigenvalue weighted by Gasteiger charge is 2.23. The van der Waals surface area contributed by atoms with E-state index in [0.717, 1.165) is 44.1 Å². The third kappa shape index (κ3) is 5.40. The molecule has 7 heteroatoms. The van der Waals surface area contributed by atoms with Gasteiger partial charge in [-0.3, -0.25) is 4.79 Å². The van der Waals surface area contributed by atoms with E-state index in [9.17, 15) is 4.79 Å². The zero-order valence-corrected chi connectivity index (χ0v) is 14.5. The Balaban J connectivity index is 2.05. The first kappa shape index (κ1) is 18.0. The summed E-state index contributed by atoms with van der Waals surface area (Å²) in [5.74, 6) is 1.52. The molecule has 1 aliphatic heterocycles. The Morgan fingerprint density at radius 2 is 2.38 bits per heavy atom. The molecule has 1 atom stereocenters. The van der Waals surface area contributed by atoms with E-state index in [0.29, 0.717) is 24.8 Å². The van der Waals surface area contributed by atoms with Gasteiger partial charge in [0.15, 0.2) is 5.96 Å². The summed E-state index contributed by atoms with van der Waals surface area (Å²) in [4.78, 5) is 22.5. The molecular formula is C17H27N5O2. The molecule has 0 aliphatic carbocycles. The lowest BCUT2D eigenvalue weighted by molar-refractivity contribution is -0.119. The maximum Gasteiger partial charge on any atom is 0.217 e. The number of primary amides is 1. The highest BCUT2D eigenvalue weighted by molar-refractivity contribution is 5.80. The SMILES string of the molecule is CCNC(=NCc1cccc(OC)n1)N1CCCC(CC(N)=O)C1. The molecule has 1 fully saturated rings. The summed E-state index contributed by atoms with van der Waals surface area (Å²) < 4.78 is 5.15. The van der Waals surface area contributed by atoms with Crippen LogP contribution in [0.2, 0.25) is 0 Å². The topological polar surface area (TPSA) is 92.8 Å². The fourth-order valence-electron chi connectivity index (χ4n) is 2.95. The fourth-order valence-corrected chi connectivity index (χ4v) is 2.95. The summed E-state index contributed by atoms with van der Waals surface area (Å²) in [7, 11) is 1.60. The number of hydrogen-bond donors (Lipinski definition) is 2. The summed E-state index contributed by atoms with van der Waals surface area (Å²) in [6, 6.07) is 5.66. The molecule has 7 nitrogen and oxygen atoms in total. The van der Waals surface area contributed by atoms with Crippen LogP contribution in [0.15, 0.2) is 23.2 Å². The smallest absolute Gasteiger partial charge is 0.217 e. The van der Waals surface area contributed by atoms with Crippen LogP contribution in [-0.2, 0) is 11.3 Å². The number of nitrogens with zero attached hydrogens (tertiary/aromatic N) is 3. The molecule has 1 amide bonds. The maximum atomic E-state index is 11.2. The molecule has 3 N–H and O–H groups in total. The van der Waals surface area contributed by atoms with Gasteiger partial charge in [0.25, 0.3) is 0 Å². The van der Waals surface area contributed by atoms with E-state index >= 15 is 0 Å². The van der Waals surface area contributed by atoms with Crippen molar-refractivity contribution in [3.8, 4) is 5.88 Å². The van der Waals surface area contributed by atoms with Gasteiger partial charge in [0, 0.05) is 32.1 Å². The standard InChI is InChI=1S/C17H27N5O2/c1-3-19-17(20-11-14-7-4-8-16(21-14)24-2)22-9-5-6-13(12-22)10-15(18)23/h4,7-8,13H,3,5-6,9-12H2,1-2H3,(H2,18,23)(H,19,20). The molecule has 0 spiro atoms. The quantitative estimate of drug-likeness (QED) is 0.601. The van der Waals surface area contributed by atoms with Gasteiger partial charge in [0.1, 0.15) is 0 Å². The van der Waals surface area contributed by atoms with Crippen LogP contribution in [0.4, 0.5) is 0 Å². The molecule has 2 heterocycles. The largest absolute Gasteiger partial charge is 0.481 e. The average molecular weight is 333 g/mol. The van der Waals surface area contributed by atoms with Gasteiger partial charge in [-0.25, -0.2) is 9.98 Å². The summed E-state index contributed by atoms with van der Waals surface area (Å²) in [5.41, 5.74) is 6.20. The second-order valence-corrected chi connectivity index (χ2v) is 5.97. The molecule has 2 rings (SSSR count). The van der Waals surface area contributed by atoms with Gasteiger partial charge in [-0.2, -0.15) is 0 Å². The van der Waals surface area contributed by atoms with E-state index in [4.69, 9.17) is 15.5 Å². The molecule has 132 valence electrons. The van der Waals surface area contributed by atoms with Crippen molar-refractivity contribution in [2.45, 2.75) is 32.7 Å². The van der Waals surface area contributed by atoms with E-state index < -0.39 is 0 Å². The summed E-state index contributed by atoms with van der Waals surface area (Å²) in [6.07, 6.45) is 2.52. The molecule has 24 heavy (non-hydrogen) atoms. The maximum absolute atomic E-state index is 11.2. The molecule has 1 unspecified atom stereocenters. The van der Waals surface area contributed by atoms with Crippen molar-refractivity contribution in [3.05, 3.63) is 23.9 Å². The van der Waals surface area contributed by atoms with E-state index in [1.54, 1.807) is 7.11 Å². The molecule has 0 aromatic carbocycles. The van der Waals surface area contributed by atoms with Crippen molar-refractivity contribution >= 4 is 11.9 Å². The second kappa shape index (κ2) is 9.10. The number of nitrogens with two attached hydrogens (primary N) is 1. The highest BCUT2D eigenvalue weighted by atomic mass is 16.5. The fraction of sp³-hybridized carbons (Fsp3) is 0.588. The van der Waals surface area contributed by atoms with Crippen molar-refractivity contribution in [1.29, 1.82) is 0 Å². The number of ether oxygens (including phenoxy) is 1. The monoisotopic (exact) mass is 333 g/mol. The predicted molar refractivity (Wildman–Crippen MR) is 93.7 cm³/mol. The van der Waals surface area contributed by atoms with Gasteiger partial charge in [0.2, 0.25) is 11.8 Å². The minimum absolute atomic E-state index is 0.232. The minimum atomic E-state index is -0.232. The number of hydrogen-bond acceptors (Lipinski definition) is 4. The van der Waals surface area contributed by atoms with Crippen LogP contribution in [0.5, 0.6) is 5.88 Å². The van der Waals surface area contributed by atoms with Gasteiger partial charge < -0.3 is 20.7 Å². The first-order chi connectivity index (χ1) is 11.6. The lowest BCUT2D eigenvalue weighted by Gasteiger charge is -2.34. The van der Waals surface area contributed by atoms with Crippen molar-refractivity contribution in [2.24, 2.45) is 16.6 Å². The van der Waals surface area contributed by atoms with Crippen molar-refractivity contribution in [3.63, 3.8) is 0 Å². The molecule has 0 bridgehead atoms. The van der Waals surface area contributed by atoms with Gasteiger partial charge in [-0.1, -0.05) is 6.07 Å². The van der Waals surface area contributed by atoms with E-state index in [1.165, 1.54) is 0 Å².